The first-order valence-corrected chi connectivity index (χ1v) is 6.16. The number of carboxylic acids is 1. The maximum atomic E-state index is 11.1. The summed E-state index contributed by atoms with van der Waals surface area (Å²) in [7, 11) is 0. The fraction of sp³-hybridized carbons (Fsp3) is 0. The molecule has 2 aliphatic rings. The molecule has 0 bridgehead atoms. The minimum Gasteiger partial charge on any atom is -0.478 e. The molecule has 0 unspecified atom stereocenters. The van der Waals surface area contributed by atoms with Crippen LogP contribution in [-0.2, 0) is 4.79 Å². The molecule has 1 aromatic rings. The number of aliphatic carboxylic acids is 1. The zero-order valence-electron chi connectivity index (χ0n) is 10.7. The molecule has 0 spiro atoms. The van der Waals surface area contributed by atoms with Gasteiger partial charge in [-0.05, 0) is 29.3 Å². The van der Waals surface area contributed by atoms with Gasteiger partial charge in [-0.1, -0.05) is 36.9 Å². The number of carboxylic acid groups (broad SMARTS) is 1. The lowest BCUT2D eigenvalue weighted by Crippen LogP contribution is -1.97. The Bertz CT molecular complexity index is 753. The second-order valence-corrected chi connectivity index (χ2v) is 4.48. The number of hydrogen-bond donors (Lipinski definition) is 1. The summed E-state index contributed by atoms with van der Waals surface area (Å²) in [5, 5.41) is 9.13. The van der Waals surface area contributed by atoms with Crippen LogP contribution < -0.4 is 0 Å². The predicted molar refractivity (Wildman–Crippen MR) is 77.4 cm³/mol. The van der Waals surface area contributed by atoms with Crippen LogP contribution in [-0.4, -0.2) is 11.1 Å². The first-order chi connectivity index (χ1) is 9.68. The van der Waals surface area contributed by atoms with E-state index in [2.05, 4.69) is 6.58 Å². The Morgan fingerprint density at radius 3 is 2.50 bits per heavy atom. The number of hydrogen-bond acceptors (Lipinski definition) is 2. The van der Waals surface area contributed by atoms with E-state index in [0.717, 1.165) is 16.7 Å². The van der Waals surface area contributed by atoms with Gasteiger partial charge in [-0.3, -0.25) is 0 Å². The minimum atomic E-state index is -1.05. The van der Waals surface area contributed by atoms with Crippen molar-refractivity contribution >= 4 is 11.5 Å². The molecule has 3 nitrogen and oxygen atoms in total. The van der Waals surface area contributed by atoms with Gasteiger partial charge in [0.1, 0.15) is 5.76 Å². The van der Waals surface area contributed by atoms with Gasteiger partial charge in [0.2, 0.25) is 0 Å². The molecular formula is C17H12O3. The molecule has 1 N–H and O–H groups in total. The Kier molecular flexibility index (Phi) is 2.88. The summed E-state index contributed by atoms with van der Waals surface area (Å²) in [4.78, 5) is 11.1. The highest BCUT2D eigenvalue weighted by molar-refractivity contribution is 6.17. The van der Waals surface area contributed by atoms with Crippen LogP contribution in [0, 0.1) is 0 Å². The van der Waals surface area contributed by atoms with Gasteiger partial charge in [-0.15, -0.1) is 0 Å². The van der Waals surface area contributed by atoms with Crippen molar-refractivity contribution in [2.24, 2.45) is 0 Å². The van der Waals surface area contributed by atoms with E-state index in [-0.39, 0.29) is 5.57 Å². The van der Waals surface area contributed by atoms with Crippen LogP contribution in [0.5, 0.6) is 0 Å². The lowest BCUT2D eigenvalue weighted by Gasteiger charge is -2.03. The first-order valence-electron chi connectivity index (χ1n) is 6.16. The van der Waals surface area contributed by atoms with E-state index in [4.69, 9.17) is 9.52 Å². The largest absolute Gasteiger partial charge is 0.478 e. The molecule has 98 valence electrons. The Morgan fingerprint density at radius 1 is 1.05 bits per heavy atom. The normalized spacial score (nSPS) is 10.6. The summed E-state index contributed by atoms with van der Waals surface area (Å²) in [5.74, 6) is -0.491. The SMILES string of the molecule is C=C(C(=O)O)c1cc(-c2ccccc2)c2cccoc1-2. The molecule has 0 fully saturated rings. The summed E-state index contributed by atoms with van der Waals surface area (Å²) in [5.41, 5.74) is 3.40. The third kappa shape index (κ3) is 1.89. The van der Waals surface area contributed by atoms with Crippen LogP contribution in [0.4, 0.5) is 0 Å². The first kappa shape index (κ1) is 12.2. The zero-order valence-corrected chi connectivity index (χ0v) is 10.7. The van der Waals surface area contributed by atoms with Crippen LogP contribution in [0.15, 0.2) is 65.8 Å². The van der Waals surface area contributed by atoms with Crippen LogP contribution in [0.1, 0.15) is 5.56 Å². The van der Waals surface area contributed by atoms with Crippen LogP contribution in [0.25, 0.3) is 28.0 Å². The Hall–Kier alpha value is -2.81. The summed E-state index contributed by atoms with van der Waals surface area (Å²) in [6.07, 6.45) is 1.54. The highest BCUT2D eigenvalue weighted by Crippen LogP contribution is 2.41. The topological polar surface area (TPSA) is 50.4 Å². The molecular weight excluding hydrogens is 252 g/mol. The second-order valence-electron chi connectivity index (χ2n) is 4.48. The number of benzene rings is 1. The van der Waals surface area contributed by atoms with E-state index < -0.39 is 5.97 Å². The minimum absolute atomic E-state index is 0.0344. The van der Waals surface area contributed by atoms with Crippen molar-refractivity contribution in [3.05, 3.63) is 66.9 Å². The summed E-state index contributed by atoms with van der Waals surface area (Å²) < 4.78 is 5.49. The molecule has 1 aromatic carbocycles. The van der Waals surface area contributed by atoms with Crippen molar-refractivity contribution < 1.29 is 14.3 Å². The molecule has 1 heterocycles. The average molecular weight is 264 g/mol. The average Bonchev–Trinajstić information content (AvgIpc) is 2.87. The molecule has 3 rings (SSSR count). The summed E-state index contributed by atoms with van der Waals surface area (Å²) in [6, 6.07) is 15.3. The van der Waals surface area contributed by atoms with Gasteiger partial charge < -0.3 is 9.52 Å². The van der Waals surface area contributed by atoms with Crippen LogP contribution in [0.3, 0.4) is 0 Å². The Morgan fingerprint density at radius 2 is 1.80 bits per heavy atom. The Balaban J connectivity index is 2.25. The van der Waals surface area contributed by atoms with E-state index in [1.54, 1.807) is 6.07 Å². The third-order valence-corrected chi connectivity index (χ3v) is 3.26. The van der Waals surface area contributed by atoms with Gasteiger partial charge in [0.15, 0.2) is 0 Å². The molecule has 0 aromatic heterocycles. The van der Waals surface area contributed by atoms with E-state index >= 15 is 0 Å². The third-order valence-electron chi connectivity index (χ3n) is 3.26. The quantitative estimate of drug-likeness (QED) is 0.723. The molecule has 0 saturated carbocycles. The smallest absolute Gasteiger partial charge is 0.335 e. The molecule has 1 aliphatic carbocycles. The summed E-state index contributed by atoms with van der Waals surface area (Å²) in [6.45, 7) is 3.62. The number of fused-ring (bicyclic) bond motifs is 1. The molecule has 3 heteroatoms. The van der Waals surface area contributed by atoms with Crippen molar-refractivity contribution in [2.45, 2.75) is 0 Å². The van der Waals surface area contributed by atoms with E-state index in [1.807, 2.05) is 42.5 Å². The van der Waals surface area contributed by atoms with Gasteiger partial charge in [0.25, 0.3) is 0 Å². The van der Waals surface area contributed by atoms with Gasteiger partial charge in [-0.25, -0.2) is 4.79 Å². The molecule has 0 radical (unpaired) electrons. The van der Waals surface area contributed by atoms with Crippen molar-refractivity contribution in [2.75, 3.05) is 0 Å². The van der Waals surface area contributed by atoms with Crippen molar-refractivity contribution in [3.63, 3.8) is 0 Å². The standard InChI is InChI=1S/C17H12O3/c1-11(17(18)19)14-10-15(12-6-3-2-4-7-12)13-8-5-9-20-16(13)14/h2-10H,1H2,(H,18,19). The van der Waals surface area contributed by atoms with Crippen LogP contribution >= 0.6 is 0 Å². The van der Waals surface area contributed by atoms with Gasteiger partial charge in [-0.2, -0.15) is 0 Å². The molecule has 0 saturated heterocycles. The summed E-state index contributed by atoms with van der Waals surface area (Å²) >= 11 is 0. The Labute approximate surface area is 116 Å². The van der Waals surface area contributed by atoms with Crippen molar-refractivity contribution in [1.29, 1.82) is 0 Å². The highest BCUT2D eigenvalue weighted by Gasteiger charge is 2.23. The molecule has 1 aliphatic heterocycles. The molecule has 0 amide bonds. The van der Waals surface area contributed by atoms with E-state index in [9.17, 15) is 4.79 Å². The van der Waals surface area contributed by atoms with Gasteiger partial charge >= 0.3 is 5.97 Å². The highest BCUT2D eigenvalue weighted by atomic mass is 16.4. The maximum absolute atomic E-state index is 11.1. The van der Waals surface area contributed by atoms with Crippen molar-refractivity contribution in [3.8, 4) is 22.5 Å². The van der Waals surface area contributed by atoms with Gasteiger partial charge in [0, 0.05) is 11.1 Å². The van der Waals surface area contributed by atoms with Crippen LogP contribution in [0.2, 0.25) is 0 Å². The molecule has 20 heavy (non-hydrogen) atoms. The van der Waals surface area contributed by atoms with E-state index in [0.29, 0.717) is 11.3 Å². The molecule has 0 atom stereocenters. The number of carbonyl (C=O) groups is 1. The lowest BCUT2D eigenvalue weighted by atomic mass is 10.0. The second kappa shape index (κ2) is 4.70. The van der Waals surface area contributed by atoms with E-state index in [1.165, 1.54) is 6.26 Å². The van der Waals surface area contributed by atoms with Gasteiger partial charge in [0.05, 0.1) is 11.8 Å². The zero-order chi connectivity index (χ0) is 14.1. The predicted octanol–water partition coefficient (Wildman–Crippen LogP) is 4.15. The number of rotatable bonds is 3. The fourth-order valence-electron chi connectivity index (χ4n) is 2.29. The fourth-order valence-corrected chi connectivity index (χ4v) is 2.29. The van der Waals surface area contributed by atoms with Crippen molar-refractivity contribution in [1.82, 2.24) is 0 Å². The monoisotopic (exact) mass is 264 g/mol. The lowest BCUT2D eigenvalue weighted by molar-refractivity contribution is -0.130. The maximum Gasteiger partial charge on any atom is 0.335 e.